The van der Waals surface area contributed by atoms with Crippen molar-refractivity contribution in [1.29, 1.82) is 0 Å². The number of anilines is 2. The molecule has 2 N–H and O–H groups in total. The van der Waals surface area contributed by atoms with Gasteiger partial charge >= 0.3 is 6.03 Å². The molecule has 0 fully saturated rings. The lowest BCUT2D eigenvalue weighted by atomic mass is 9.92. The smallest absolute Gasteiger partial charge is 0.308 e. The van der Waals surface area contributed by atoms with Crippen molar-refractivity contribution in [1.82, 2.24) is 14.8 Å². The quantitative estimate of drug-likeness (QED) is 0.739. The van der Waals surface area contributed by atoms with Crippen molar-refractivity contribution in [3.63, 3.8) is 0 Å². The van der Waals surface area contributed by atoms with E-state index in [1.165, 1.54) is 0 Å². The van der Waals surface area contributed by atoms with E-state index in [-0.39, 0.29) is 11.4 Å². The molecule has 0 aliphatic heterocycles. The first-order valence-corrected chi connectivity index (χ1v) is 8.53. The van der Waals surface area contributed by atoms with Gasteiger partial charge in [0, 0.05) is 23.4 Å². The zero-order chi connectivity index (χ0) is 18.6. The highest BCUT2D eigenvalue weighted by Gasteiger charge is 2.21. The van der Waals surface area contributed by atoms with Crippen LogP contribution in [0.25, 0.3) is 0 Å². The number of rotatable bonds is 4. The first-order chi connectivity index (χ1) is 12.4. The summed E-state index contributed by atoms with van der Waals surface area (Å²) in [6, 6.07) is 16.7. The molecule has 3 rings (SSSR count). The number of carbonyl (C=O) groups is 1. The fourth-order valence-electron chi connectivity index (χ4n) is 2.45. The second-order valence-electron chi connectivity index (χ2n) is 7.09. The minimum absolute atomic E-state index is 0.123. The summed E-state index contributed by atoms with van der Waals surface area (Å²) in [6.45, 7) is 6.76. The van der Waals surface area contributed by atoms with Gasteiger partial charge in [0.1, 0.15) is 5.82 Å². The van der Waals surface area contributed by atoms with Crippen LogP contribution in [0.3, 0.4) is 0 Å². The molecule has 0 aliphatic rings. The molecule has 0 radical (unpaired) electrons. The highest BCUT2D eigenvalue weighted by molar-refractivity contribution is 5.99. The zero-order valence-corrected chi connectivity index (χ0v) is 15.2. The number of para-hydroxylation sites is 1. The largest absolute Gasteiger partial charge is 0.324 e. The Morgan fingerprint density at radius 1 is 1.04 bits per heavy atom. The minimum atomic E-state index is -0.307. The van der Waals surface area contributed by atoms with E-state index >= 15 is 0 Å². The number of hydrogen-bond donors (Lipinski definition) is 2. The Labute approximate surface area is 153 Å². The van der Waals surface area contributed by atoms with E-state index in [2.05, 4.69) is 41.5 Å². The van der Waals surface area contributed by atoms with Gasteiger partial charge in [0.15, 0.2) is 0 Å². The molecule has 1 aromatic carbocycles. The van der Waals surface area contributed by atoms with Gasteiger partial charge in [-0.1, -0.05) is 45.0 Å². The predicted molar refractivity (Wildman–Crippen MR) is 103 cm³/mol. The third kappa shape index (κ3) is 4.47. The van der Waals surface area contributed by atoms with Crippen molar-refractivity contribution in [2.45, 2.75) is 32.7 Å². The molecular formula is C20H23N5O. The Bertz CT molecular complexity index is 866. The van der Waals surface area contributed by atoms with Gasteiger partial charge in [-0.3, -0.25) is 10.3 Å². The van der Waals surface area contributed by atoms with E-state index in [9.17, 15) is 4.79 Å². The third-order valence-electron chi connectivity index (χ3n) is 3.86. The Kier molecular flexibility index (Phi) is 5.02. The van der Waals surface area contributed by atoms with Crippen molar-refractivity contribution in [3.05, 3.63) is 72.2 Å². The summed E-state index contributed by atoms with van der Waals surface area (Å²) in [6.07, 6.45) is 1.75. The summed E-state index contributed by atoms with van der Waals surface area (Å²) in [4.78, 5) is 16.7. The maximum atomic E-state index is 12.4. The van der Waals surface area contributed by atoms with E-state index in [1.807, 2.05) is 54.6 Å². The number of hydrogen-bond acceptors (Lipinski definition) is 3. The number of urea groups is 1. The molecule has 0 bridgehead atoms. The molecule has 2 aromatic heterocycles. The highest BCUT2D eigenvalue weighted by atomic mass is 16.2. The number of aromatic nitrogens is 3. The van der Waals surface area contributed by atoms with Gasteiger partial charge in [0.25, 0.3) is 0 Å². The molecule has 0 saturated heterocycles. The number of amides is 2. The summed E-state index contributed by atoms with van der Waals surface area (Å²) < 4.78 is 1.77. The molecule has 26 heavy (non-hydrogen) atoms. The molecule has 2 heterocycles. The van der Waals surface area contributed by atoms with Crippen LogP contribution in [0.4, 0.5) is 16.3 Å². The maximum Gasteiger partial charge on any atom is 0.324 e. The average Bonchev–Trinajstić information content (AvgIpc) is 2.99. The average molecular weight is 349 g/mol. The van der Waals surface area contributed by atoms with Crippen LogP contribution in [0, 0.1) is 0 Å². The monoisotopic (exact) mass is 349 g/mol. The maximum absolute atomic E-state index is 12.4. The van der Waals surface area contributed by atoms with Gasteiger partial charge < -0.3 is 5.32 Å². The predicted octanol–water partition coefficient (Wildman–Crippen LogP) is 4.27. The van der Waals surface area contributed by atoms with E-state index in [0.717, 1.165) is 17.1 Å². The molecular weight excluding hydrogens is 326 g/mol. The lowest BCUT2D eigenvalue weighted by Crippen LogP contribution is -2.21. The molecule has 0 atom stereocenters. The van der Waals surface area contributed by atoms with Gasteiger partial charge in [0.2, 0.25) is 0 Å². The van der Waals surface area contributed by atoms with Gasteiger partial charge in [-0.2, -0.15) is 5.10 Å². The topological polar surface area (TPSA) is 71.8 Å². The number of carbonyl (C=O) groups excluding carboxylic acids is 1. The molecule has 0 saturated carbocycles. The number of nitrogens with zero attached hydrogens (tertiary/aromatic N) is 3. The first-order valence-electron chi connectivity index (χ1n) is 8.53. The Morgan fingerprint density at radius 3 is 2.42 bits per heavy atom. The molecule has 6 heteroatoms. The van der Waals surface area contributed by atoms with Crippen LogP contribution in [0.1, 0.15) is 32.2 Å². The summed E-state index contributed by atoms with van der Waals surface area (Å²) in [5.41, 5.74) is 2.39. The van der Waals surface area contributed by atoms with E-state index in [4.69, 9.17) is 0 Å². The molecule has 134 valence electrons. The zero-order valence-electron chi connectivity index (χ0n) is 15.2. The van der Waals surface area contributed by atoms with Crippen LogP contribution in [-0.2, 0) is 12.0 Å². The van der Waals surface area contributed by atoms with Crippen molar-refractivity contribution in [2.24, 2.45) is 0 Å². The van der Waals surface area contributed by atoms with E-state index in [0.29, 0.717) is 12.4 Å². The lowest BCUT2D eigenvalue weighted by molar-refractivity contribution is 0.262. The molecule has 0 spiro atoms. The van der Waals surface area contributed by atoms with Gasteiger partial charge in [0.05, 0.1) is 17.9 Å². The summed E-state index contributed by atoms with van der Waals surface area (Å²) in [5.74, 6) is 0.633. The Balaban J connectivity index is 1.82. The van der Waals surface area contributed by atoms with Gasteiger partial charge in [-0.05, 0) is 24.3 Å². The lowest BCUT2D eigenvalue weighted by Gasteiger charge is -2.14. The van der Waals surface area contributed by atoms with E-state index < -0.39 is 0 Å². The highest BCUT2D eigenvalue weighted by Crippen LogP contribution is 2.24. The number of pyridine rings is 1. The van der Waals surface area contributed by atoms with Crippen molar-refractivity contribution < 1.29 is 4.79 Å². The summed E-state index contributed by atoms with van der Waals surface area (Å²) in [7, 11) is 0. The summed E-state index contributed by atoms with van der Waals surface area (Å²) >= 11 is 0. The second-order valence-corrected chi connectivity index (χ2v) is 7.09. The van der Waals surface area contributed by atoms with Crippen LogP contribution in [0.2, 0.25) is 0 Å². The molecule has 0 unspecified atom stereocenters. The minimum Gasteiger partial charge on any atom is -0.308 e. The van der Waals surface area contributed by atoms with Crippen LogP contribution in [-0.4, -0.2) is 20.8 Å². The number of nitrogens with one attached hydrogen (secondary N) is 2. The Morgan fingerprint density at radius 2 is 1.77 bits per heavy atom. The molecule has 3 aromatic rings. The van der Waals surface area contributed by atoms with Gasteiger partial charge in [-0.25, -0.2) is 9.48 Å². The van der Waals surface area contributed by atoms with Crippen molar-refractivity contribution >= 4 is 17.5 Å². The summed E-state index contributed by atoms with van der Waals surface area (Å²) in [5, 5.41) is 10.4. The third-order valence-corrected chi connectivity index (χ3v) is 3.86. The van der Waals surface area contributed by atoms with Crippen LogP contribution in [0.15, 0.2) is 60.8 Å². The number of benzene rings is 1. The molecule has 6 nitrogen and oxygen atoms in total. The molecule has 2 amide bonds. The normalized spacial score (nSPS) is 11.2. The standard InChI is InChI=1S/C20H23N5O/c1-20(2,3)17-13-18(23-19(26)22-15-9-5-4-6-10-15)25(24-17)14-16-11-7-8-12-21-16/h4-13H,14H2,1-3H3,(H2,22,23,26). The first kappa shape index (κ1) is 17.7. The van der Waals surface area contributed by atoms with Crippen LogP contribution >= 0.6 is 0 Å². The fraction of sp³-hybridized carbons (Fsp3) is 0.250. The Hall–Kier alpha value is -3.15. The molecule has 0 aliphatic carbocycles. The van der Waals surface area contributed by atoms with E-state index in [1.54, 1.807) is 10.9 Å². The van der Waals surface area contributed by atoms with Crippen LogP contribution < -0.4 is 10.6 Å². The fourth-order valence-corrected chi connectivity index (χ4v) is 2.45. The SMILES string of the molecule is CC(C)(C)c1cc(NC(=O)Nc2ccccc2)n(Cc2ccccn2)n1. The van der Waals surface area contributed by atoms with Gasteiger partial charge in [-0.15, -0.1) is 0 Å². The van der Waals surface area contributed by atoms with Crippen LogP contribution in [0.5, 0.6) is 0 Å². The van der Waals surface area contributed by atoms with Crippen molar-refractivity contribution in [3.8, 4) is 0 Å². The van der Waals surface area contributed by atoms with Crippen molar-refractivity contribution in [2.75, 3.05) is 10.6 Å². The second kappa shape index (κ2) is 7.39.